The zero-order valence-corrected chi connectivity index (χ0v) is 12.6. The number of furan rings is 1. The number of benzene rings is 1. The van der Waals surface area contributed by atoms with Crippen LogP contribution in [-0.4, -0.2) is 33.4 Å². The highest BCUT2D eigenvalue weighted by atomic mass is 16.3. The smallest absolute Gasteiger partial charge is 0.270 e. The summed E-state index contributed by atoms with van der Waals surface area (Å²) in [5.74, 6) is 0.282. The highest BCUT2D eigenvalue weighted by Crippen LogP contribution is 2.22. The first-order valence-electron chi connectivity index (χ1n) is 7.30. The molecule has 2 N–H and O–H groups in total. The van der Waals surface area contributed by atoms with Gasteiger partial charge in [-0.1, -0.05) is 18.2 Å². The largest absolute Gasteiger partial charge is 0.463 e. The molecule has 0 saturated carbocycles. The Balaban J connectivity index is 2.04. The number of nitrogens with zero attached hydrogens (tertiary/aromatic N) is 2. The number of carbonyl (C=O) groups is 1. The van der Waals surface area contributed by atoms with Crippen molar-refractivity contribution in [3.63, 3.8) is 0 Å². The number of hydrogen-bond donors (Lipinski definition) is 2. The average Bonchev–Trinajstić information content (AvgIpc) is 3.24. The van der Waals surface area contributed by atoms with Crippen molar-refractivity contribution in [2.45, 2.75) is 13.0 Å². The Morgan fingerprint density at radius 3 is 2.74 bits per heavy atom. The lowest BCUT2D eigenvalue weighted by atomic mass is 10.2. The predicted octanol–water partition coefficient (Wildman–Crippen LogP) is 2.24. The molecule has 1 amide bonds. The van der Waals surface area contributed by atoms with E-state index in [2.05, 4.69) is 10.4 Å². The summed E-state index contributed by atoms with van der Waals surface area (Å²) in [7, 11) is 0. The molecule has 3 aromatic rings. The summed E-state index contributed by atoms with van der Waals surface area (Å²) in [5, 5.41) is 16.3. The summed E-state index contributed by atoms with van der Waals surface area (Å²) >= 11 is 0. The maximum absolute atomic E-state index is 12.5. The van der Waals surface area contributed by atoms with Gasteiger partial charge in [-0.3, -0.25) is 4.79 Å². The maximum atomic E-state index is 12.5. The van der Waals surface area contributed by atoms with Crippen LogP contribution in [0.1, 0.15) is 17.4 Å². The van der Waals surface area contributed by atoms with Crippen molar-refractivity contribution in [2.24, 2.45) is 0 Å². The summed E-state index contributed by atoms with van der Waals surface area (Å²) in [6.45, 7) is 1.60. The summed E-state index contributed by atoms with van der Waals surface area (Å²) in [6.07, 6.45) is 1.56. The van der Waals surface area contributed by atoms with E-state index in [0.29, 0.717) is 17.1 Å². The van der Waals surface area contributed by atoms with Gasteiger partial charge in [0.05, 0.1) is 18.6 Å². The SMILES string of the molecule is CC(CO)NC(=O)c1cc(-c2ccco2)nn1-c1ccccc1. The van der Waals surface area contributed by atoms with Gasteiger partial charge in [0.25, 0.3) is 5.91 Å². The van der Waals surface area contributed by atoms with Gasteiger partial charge in [0.1, 0.15) is 11.4 Å². The number of nitrogens with one attached hydrogen (secondary N) is 1. The monoisotopic (exact) mass is 311 g/mol. The van der Waals surface area contributed by atoms with Crippen LogP contribution < -0.4 is 5.32 Å². The molecule has 0 bridgehead atoms. The number of para-hydroxylation sites is 1. The molecular weight excluding hydrogens is 294 g/mol. The molecule has 0 spiro atoms. The number of aliphatic hydroxyl groups is 1. The van der Waals surface area contributed by atoms with Crippen LogP contribution in [0.15, 0.2) is 59.2 Å². The average molecular weight is 311 g/mol. The van der Waals surface area contributed by atoms with Gasteiger partial charge in [-0.25, -0.2) is 4.68 Å². The first-order valence-corrected chi connectivity index (χ1v) is 7.30. The van der Waals surface area contributed by atoms with Crippen LogP contribution in [-0.2, 0) is 0 Å². The third-order valence-corrected chi connectivity index (χ3v) is 3.37. The van der Waals surface area contributed by atoms with E-state index in [1.807, 2.05) is 30.3 Å². The molecule has 2 aromatic heterocycles. The summed E-state index contributed by atoms with van der Waals surface area (Å²) in [6, 6.07) is 14.3. The fraction of sp³-hybridized carbons (Fsp3) is 0.176. The predicted molar refractivity (Wildman–Crippen MR) is 85.3 cm³/mol. The second-order valence-electron chi connectivity index (χ2n) is 5.20. The molecule has 118 valence electrons. The first-order chi connectivity index (χ1) is 11.2. The van der Waals surface area contributed by atoms with Gasteiger partial charge in [0.2, 0.25) is 0 Å². The Labute approximate surface area is 133 Å². The van der Waals surface area contributed by atoms with Gasteiger partial charge >= 0.3 is 0 Å². The van der Waals surface area contributed by atoms with Gasteiger partial charge in [0.15, 0.2) is 5.76 Å². The summed E-state index contributed by atoms with van der Waals surface area (Å²) in [4.78, 5) is 12.5. The molecule has 0 fully saturated rings. The van der Waals surface area contributed by atoms with Crippen molar-refractivity contribution in [3.05, 3.63) is 60.5 Å². The molecule has 0 aliphatic heterocycles. The topological polar surface area (TPSA) is 80.3 Å². The van der Waals surface area contributed by atoms with Gasteiger partial charge in [-0.2, -0.15) is 5.10 Å². The van der Waals surface area contributed by atoms with Crippen LogP contribution in [0.5, 0.6) is 0 Å². The van der Waals surface area contributed by atoms with Crippen LogP contribution >= 0.6 is 0 Å². The van der Waals surface area contributed by atoms with E-state index in [1.165, 1.54) is 0 Å². The van der Waals surface area contributed by atoms with E-state index in [0.717, 1.165) is 5.69 Å². The molecule has 3 rings (SSSR count). The van der Waals surface area contributed by atoms with Crippen LogP contribution in [0.3, 0.4) is 0 Å². The minimum absolute atomic E-state index is 0.129. The lowest BCUT2D eigenvalue weighted by Crippen LogP contribution is -2.36. The minimum Gasteiger partial charge on any atom is -0.463 e. The number of rotatable bonds is 5. The maximum Gasteiger partial charge on any atom is 0.270 e. The lowest BCUT2D eigenvalue weighted by molar-refractivity contribution is 0.0914. The Morgan fingerprint density at radius 1 is 1.30 bits per heavy atom. The molecule has 1 atom stereocenters. The molecule has 0 aliphatic rings. The Kier molecular flexibility index (Phi) is 4.25. The van der Waals surface area contributed by atoms with Crippen LogP contribution in [0, 0.1) is 0 Å². The van der Waals surface area contributed by atoms with Crippen LogP contribution in [0.4, 0.5) is 0 Å². The first kappa shape index (κ1) is 15.1. The molecule has 6 heteroatoms. The second kappa shape index (κ2) is 6.50. The molecule has 1 aromatic carbocycles. The van der Waals surface area contributed by atoms with Crippen molar-refractivity contribution in [3.8, 4) is 17.1 Å². The molecule has 6 nitrogen and oxygen atoms in total. The number of carbonyl (C=O) groups excluding carboxylic acids is 1. The van der Waals surface area contributed by atoms with Crippen molar-refractivity contribution in [2.75, 3.05) is 6.61 Å². The third-order valence-electron chi connectivity index (χ3n) is 3.37. The number of aliphatic hydroxyl groups excluding tert-OH is 1. The lowest BCUT2D eigenvalue weighted by Gasteiger charge is -2.11. The van der Waals surface area contributed by atoms with Crippen molar-refractivity contribution < 1.29 is 14.3 Å². The van der Waals surface area contributed by atoms with Crippen molar-refractivity contribution >= 4 is 5.91 Å². The van der Waals surface area contributed by atoms with Crippen LogP contribution in [0.25, 0.3) is 17.1 Å². The van der Waals surface area contributed by atoms with E-state index in [9.17, 15) is 4.79 Å². The van der Waals surface area contributed by atoms with Gasteiger partial charge in [0, 0.05) is 12.1 Å². The Bertz CT molecular complexity index is 779. The summed E-state index contributed by atoms with van der Waals surface area (Å²) < 4.78 is 6.92. The molecule has 0 saturated heterocycles. The highest BCUT2D eigenvalue weighted by Gasteiger charge is 2.19. The molecule has 2 heterocycles. The van der Waals surface area contributed by atoms with E-state index >= 15 is 0 Å². The molecule has 1 unspecified atom stereocenters. The third kappa shape index (κ3) is 3.17. The van der Waals surface area contributed by atoms with Gasteiger partial charge in [-0.05, 0) is 31.2 Å². The fourth-order valence-corrected chi connectivity index (χ4v) is 2.20. The van der Waals surface area contributed by atoms with E-state index < -0.39 is 0 Å². The van der Waals surface area contributed by atoms with Crippen LogP contribution in [0.2, 0.25) is 0 Å². The normalized spacial score (nSPS) is 12.1. The van der Waals surface area contributed by atoms with Crippen molar-refractivity contribution in [1.82, 2.24) is 15.1 Å². The number of aromatic nitrogens is 2. The van der Waals surface area contributed by atoms with Crippen molar-refractivity contribution in [1.29, 1.82) is 0 Å². The van der Waals surface area contributed by atoms with E-state index in [4.69, 9.17) is 9.52 Å². The fourth-order valence-electron chi connectivity index (χ4n) is 2.20. The Morgan fingerprint density at radius 2 is 2.09 bits per heavy atom. The van der Waals surface area contributed by atoms with Gasteiger partial charge in [-0.15, -0.1) is 0 Å². The summed E-state index contributed by atoms with van der Waals surface area (Å²) in [5.41, 5.74) is 1.72. The number of amides is 1. The standard InChI is InChI=1S/C17H17N3O3/c1-12(11-21)18-17(22)15-10-14(16-8-5-9-23-16)19-20(15)13-6-3-2-4-7-13/h2-10,12,21H,11H2,1H3,(H,18,22). The van der Waals surface area contributed by atoms with Gasteiger partial charge < -0.3 is 14.8 Å². The second-order valence-corrected chi connectivity index (χ2v) is 5.20. The number of hydrogen-bond acceptors (Lipinski definition) is 4. The highest BCUT2D eigenvalue weighted by molar-refractivity contribution is 5.94. The zero-order chi connectivity index (χ0) is 16.2. The Hall–Kier alpha value is -2.86. The van der Waals surface area contributed by atoms with E-state index in [-0.39, 0.29) is 18.6 Å². The molecule has 0 aliphatic carbocycles. The quantitative estimate of drug-likeness (QED) is 0.757. The van der Waals surface area contributed by atoms with E-state index in [1.54, 1.807) is 36.1 Å². The zero-order valence-electron chi connectivity index (χ0n) is 12.6. The molecule has 23 heavy (non-hydrogen) atoms. The minimum atomic E-state index is -0.339. The molecule has 0 radical (unpaired) electrons. The molecular formula is C17H17N3O3.